The summed E-state index contributed by atoms with van der Waals surface area (Å²) in [6.07, 6.45) is 1.26. The molecule has 1 unspecified atom stereocenters. The maximum absolute atomic E-state index is 13.0. The lowest BCUT2D eigenvalue weighted by Gasteiger charge is -2.44. The predicted octanol–water partition coefficient (Wildman–Crippen LogP) is 3.33. The number of benzene rings is 1. The molecule has 5 heteroatoms. The van der Waals surface area contributed by atoms with E-state index in [2.05, 4.69) is 9.80 Å². The molecule has 4 atom stereocenters. The van der Waals surface area contributed by atoms with Crippen molar-refractivity contribution in [1.82, 2.24) is 9.80 Å². The Kier molecular flexibility index (Phi) is 2.85. The van der Waals surface area contributed by atoms with Gasteiger partial charge in [-0.1, -0.05) is 23.7 Å². The van der Waals surface area contributed by atoms with Crippen molar-refractivity contribution in [2.45, 2.75) is 12.5 Å². The Morgan fingerprint density at radius 3 is 2.95 bits per heavy atom. The maximum Gasteiger partial charge on any atom is 0.264 e. The van der Waals surface area contributed by atoms with E-state index in [4.69, 9.17) is 11.6 Å². The average Bonchev–Trinajstić information content (AvgIpc) is 3.08. The van der Waals surface area contributed by atoms with Crippen LogP contribution in [0.3, 0.4) is 0 Å². The van der Waals surface area contributed by atoms with Crippen LogP contribution in [0, 0.1) is 11.8 Å². The molecule has 4 aliphatic rings. The van der Waals surface area contributed by atoms with Gasteiger partial charge in [0.05, 0.1) is 14.6 Å². The van der Waals surface area contributed by atoms with Crippen molar-refractivity contribution >= 4 is 38.9 Å². The summed E-state index contributed by atoms with van der Waals surface area (Å²) in [5.74, 6) is 1.62. The summed E-state index contributed by atoms with van der Waals surface area (Å²) in [6.45, 7) is 4.41. The smallest absolute Gasteiger partial charge is 0.264 e. The van der Waals surface area contributed by atoms with E-state index in [-0.39, 0.29) is 5.91 Å². The fraction of sp³-hybridized carbons (Fsp3) is 0.471. The van der Waals surface area contributed by atoms with Gasteiger partial charge in [0.1, 0.15) is 0 Å². The third kappa shape index (κ3) is 1.81. The van der Waals surface area contributed by atoms with Gasteiger partial charge in [-0.3, -0.25) is 4.79 Å². The number of rotatable bonds is 1. The number of thiophene rings is 1. The number of carbonyl (C=O) groups is 1. The molecule has 4 saturated heterocycles. The number of likely N-dealkylation sites (tertiary alicyclic amines) is 1. The fourth-order valence-electron chi connectivity index (χ4n) is 4.62. The molecular weight excluding hydrogens is 316 g/mol. The van der Waals surface area contributed by atoms with Gasteiger partial charge < -0.3 is 9.80 Å². The van der Waals surface area contributed by atoms with E-state index < -0.39 is 0 Å². The Bertz CT molecular complexity index is 773. The van der Waals surface area contributed by atoms with Crippen molar-refractivity contribution in [2.24, 2.45) is 11.8 Å². The van der Waals surface area contributed by atoms with E-state index in [1.807, 2.05) is 24.3 Å². The zero-order valence-corrected chi connectivity index (χ0v) is 13.7. The zero-order valence-electron chi connectivity index (χ0n) is 12.2. The second-order valence-corrected chi connectivity index (χ2v) is 8.23. The highest BCUT2D eigenvalue weighted by molar-refractivity contribution is 7.21. The van der Waals surface area contributed by atoms with Gasteiger partial charge in [-0.15, -0.1) is 11.3 Å². The standard InChI is InChI=1S/C17H17ClN2OS/c18-13-3-1-2-10-6-15(22-16(10)13)17(21)20-8-11-7-19-5-4-12(11)14(20)9-19/h1-3,6,11-12,14H,4-5,7-9H2/t11-,12-,14-/m0/s1. The highest BCUT2D eigenvalue weighted by atomic mass is 35.5. The number of amides is 1. The van der Waals surface area contributed by atoms with Gasteiger partial charge >= 0.3 is 0 Å². The molecule has 0 N–H and O–H groups in total. The van der Waals surface area contributed by atoms with Gasteiger partial charge in [0.15, 0.2) is 0 Å². The summed E-state index contributed by atoms with van der Waals surface area (Å²) in [7, 11) is 0. The van der Waals surface area contributed by atoms with Gasteiger partial charge in [-0.2, -0.15) is 0 Å². The second-order valence-electron chi connectivity index (χ2n) is 6.77. The molecule has 4 aliphatic heterocycles. The third-order valence-electron chi connectivity index (χ3n) is 5.62. The fourth-order valence-corrected chi connectivity index (χ4v) is 5.94. The number of nitrogens with zero attached hydrogens (tertiary/aromatic N) is 2. The van der Waals surface area contributed by atoms with Crippen molar-refractivity contribution < 1.29 is 4.79 Å². The van der Waals surface area contributed by atoms with Crippen LogP contribution in [0.1, 0.15) is 16.1 Å². The molecule has 1 aromatic carbocycles. The monoisotopic (exact) mass is 332 g/mol. The van der Waals surface area contributed by atoms with Crippen LogP contribution in [-0.2, 0) is 0 Å². The van der Waals surface area contributed by atoms with E-state index >= 15 is 0 Å². The van der Waals surface area contributed by atoms with Crippen molar-refractivity contribution in [2.75, 3.05) is 26.2 Å². The first-order valence-corrected chi connectivity index (χ1v) is 9.11. The Morgan fingerprint density at radius 2 is 2.18 bits per heavy atom. The minimum Gasteiger partial charge on any atom is -0.333 e. The molecule has 0 radical (unpaired) electrons. The second kappa shape index (κ2) is 4.70. The van der Waals surface area contributed by atoms with E-state index in [9.17, 15) is 4.79 Å². The topological polar surface area (TPSA) is 23.6 Å². The van der Waals surface area contributed by atoms with Gasteiger partial charge in [0, 0.05) is 25.7 Å². The lowest BCUT2D eigenvalue weighted by Crippen LogP contribution is -2.54. The van der Waals surface area contributed by atoms with Gasteiger partial charge in [-0.05, 0) is 42.3 Å². The quantitative estimate of drug-likeness (QED) is 0.799. The number of hydrogen-bond donors (Lipinski definition) is 0. The van der Waals surface area contributed by atoms with Crippen LogP contribution >= 0.6 is 22.9 Å². The largest absolute Gasteiger partial charge is 0.333 e. The molecule has 4 fully saturated rings. The van der Waals surface area contributed by atoms with E-state index in [1.165, 1.54) is 30.8 Å². The molecule has 1 amide bonds. The first-order valence-electron chi connectivity index (χ1n) is 7.92. The first-order chi connectivity index (χ1) is 10.7. The van der Waals surface area contributed by atoms with Gasteiger partial charge in [-0.25, -0.2) is 0 Å². The van der Waals surface area contributed by atoms with Crippen molar-refractivity contribution in [1.29, 1.82) is 0 Å². The van der Waals surface area contributed by atoms with E-state index in [1.54, 1.807) is 0 Å². The summed E-state index contributed by atoms with van der Waals surface area (Å²) in [4.78, 5) is 18.5. The van der Waals surface area contributed by atoms with Crippen LogP contribution in [0.15, 0.2) is 24.3 Å². The van der Waals surface area contributed by atoms with Crippen LogP contribution in [0.25, 0.3) is 10.1 Å². The van der Waals surface area contributed by atoms with Crippen LogP contribution < -0.4 is 0 Å². The average molecular weight is 333 g/mol. The molecule has 0 spiro atoms. The summed E-state index contributed by atoms with van der Waals surface area (Å²) < 4.78 is 1.03. The lowest BCUT2D eigenvalue weighted by molar-refractivity contribution is 0.0425. The van der Waals surface area contributed by atoms with Gasteiger partial charge in [0.2, 0.25) is 0 Å². The van der Waals surface area contributed by atoms with E-state index in [0.717, 1.165) is 39.0 Å². The number of halogens is 1. The molecule has 6 rings (SSSR count). The van der Waals surface area contributed by atoms with Crippen molar-refractivity contribution in [3.8, 4) is 0 Å². The Morgan fingerprint density at radius 1 is 1.27 bits per heavy atom. The Labute approximate surface area is 138 Å². The third-order valence-corrected chi connectivity index (χ3v) is 7.21. The number of hydrogen-bond acceptors (Lipinski definition) is 3. The molecule has 5 heterocycles. The molecule has 2 aromatic rings. The molecule has 3 nitrogen and oxygen atoms in total. The van der Waals surface area contributed by atoms with Crippen LogP contribution in [-0.4, -0.2) is 47.9 Å². The summed E-state index contributed by atoms with van der Waals surface area (Å²) in [5.41, 5.74) is 0. The normalized spacial score (nSPS) is 32.9. The Balaban J connectivity index is 1.50. The SMILES string of the molecule is O=C(c1cc2cccc(Cl)c2s1)N1C[C@@H]2CN3CC[C@@H]2[C@@H]1C3. The number of carbonyl (C=O) groups excluding carboxylic acids is 1. The number of piperidine rings is 3. The van der Waals surface area contributed by atoms with Crippen LogP contribution in [0.5, 0.6) is 0 Å². The summed E-state index contributed by atoms with van der Waals surface area (Å²) in [5, 5.41) is 1.82. The number of fused-ring (bicyclic) bond motifs is 2. The minimum absolute atomic E-state index is 0.207. The zero-order chi connectivity index (χ0) is 14.8. The first kappa shape index (κ1) is 13.3. The van der Waals surface area contributed by atoms with Crippen molar-refractivity contribution in [3.05, 3.63) is 34.2 Å². The molecule has 0 saturated carbocycles. The lowest BCUT2D eigenvalue weighted by atomic mass is 9.80. The molecule has 0 aliphatic carbocycles. The molecule has 22 heavy (non-hydrogen) atoms. The summed E-state index contributed by atoms with van der Waals surface area (Å²) >= 11 is 7.79. The van der Waals surface area contributed by atoms with Gasteiger partial charge in [0.25, 0.3) is 5.91 Å². The maximum atomic E-state index is 13.0. The highest BCUT2D eigenvalue weighted by Gasteiger charge is 2.51. The summed E-state index contributed by atoms with van der Waals surface area (Å²) in [6, 6.07) is 8.31. The van der Waals surface area contributed by atoms with Crippen LogP contribution in [0.4, 0.5) is 0 Å². The minimum atomic E-state index is 0.207. The van der Waals surface area contributed by atoms with E-state index in [0.29, 0.717) is 12.0 Å². The molecule has 1 aromatic heterocycles. The highest BCUT2D eigenvalue weighted by Crippen LogP contribution is 2.43. The molecular formula is C17H17ClN2OS. The molecule has 114 valence electrons. The van der Waals surface area contributed by atoms with Crippen LogP contribution in [0.2, 0.25) is 5.02 Å². The Hall–Kier alpha value is -1.10. The predicted molar refractivity (Wildman–Crippen MR) is 89.7 cm³/mol. The molecule has 4 bridgehead atoms. The van der Waals surface area contributed by atoms with Crippen molar-refractivity contribution in [3.63, 3.8) is 0 Å².